The van der Waals surface area contributed by atoms with Crippen LogP contribution in [0.4, 0.5) is 8.78 Å². The summed E-state index contributed by atoms with van der Waals surface area (Å²) in [6, 6.07) is 7.58. The maximum absolute atomic E-state index is 12.7. The Balaban J connectivity index is 1.64. The number of benzene rings is 1. The third-order valence-corrected chi connectivity index (χ3v) is 7.43. The number of halogens is 3. The standard InChI is InChI=1S/C19H17BrF2N4O4S/c1-19(5-6-31(28,29)10-19)24-17(27)11-7-14-15(20)25-26(16(14)23-9-11)12-3-2-4-13(8-12)30-18(21)22/h2-4,7-9,18H,5-6,10H2,1H3,(H,24,27)/t19-/m0/s1. The molecule has 12 heteroatoms. The molecule has 31 heavy (non-hydrogen) atoms. The summed E-state index contributed by atoms with van der Waals surface area (Å²) in [4.78, 5) is 17.0. The monoisotopic (exact) mass is 514 g/mol. The third kappa shape index (κ3) is 4.54. The van der Waals surface area contributed by atoms with E-state index in [2.05, 4.69) is 36.1 Å². The van der Waals surface area contributed by atoms with Crippen LogP contribution in [0.3, 0.4) is 0 Å². The maximum Gasteiger partial charge on any atom is 0.387 e. The Hall–Kier alpha value is -2.60. The van der Waals surface area contributed by atoms with Crippen molar-refractivity contribution >= 4 is 42.7 Å². The molecule has 0 bridgehead atoms. The first-order chi connectivity index (χ1) is 14.6. The van der Waals surface area contributed by atoms with Crippen molar-refractivity contribution in [3.63, 3.8) is 0 Å². The number of nitrogens with one attached hydrogen (secondary N) is 1. The van der Waals surface area contributed by atoms with E-state index >= 15 is 0 Å². The SMILES string of the molecule is C[C@]1(NC(=O)c2cnc3c(c2)c(Br)nn3-c2cccc(OC(F)F)c2)CCS(=O)(=O)C1. The molecule has 0 aliphatic carbocycles. The van der Waals surface area contributed by atoms with E-state index in [1.165, 1.54) is 23.0 Å². The number of pyridine rings is 1. The fourth-order valence-corrected chi connectivity index (χ4v) is 6.06. The van der Waals surface area contributed by atoms with E-state index < -0.39 is 27.9 Å². The second-order valence-corrected chi connectivity index (χ2v) is 10.5. The Labute approximate surface area is 184 Å². The summed E-state index contributed by atoms with van der Waals surface area (Å²) >= 11 is 3.34. The summed E-state index contributed by atoms with van der Waals surface area (Å²) in [6.07, 6.45) is 1.70. The third-order valence-electron chi connectivity index (χ3n) is 4.95. The van der Waals surface area contributed by atoms with Crippen LogP contribution in [-0.2, 0) is 9.84 Å². The zero-order valence-corrected chi connectivity index (χ0v) is 18.6. The van der Waals surface area contributed by atoms with Gasteiger partial charge in [-0.3, -0.25) is 4.79 Å². The zero-order chi connectivity index (χ0) is 22.4. The Kier molecular flexibility index (Phi) is 5.46. The first-order valence-corrected chi connectivity index (χ1v) is 11.8. The molecular weight excluding hydrogens is 498 g/mol. The predicted molar refractivity (Wildman–Crippen MR) is 112 cm³/mol. The molecule has 0 saturated carbocycles. The summed E-state index contributed by atoms with van der Waals surface area (Å²) in [7, 11) is -3.17. The Morgan fingerprint density at radius 2 is 2.13 bits per heavy atom. The number of carbonyl (C=O) groups is 1. The van der Waals surface area contributed by atoms with Crippen LogP contribution in [0.15, 0.2) is 41.1 Å². The number of sulfone groups is 1. The van der Waals surface area contributed by atoms with Crippen molar-refractivity contribution in [2.75, 3.05) is 11.5 Å². The molecular formula is C19H17BrF2N4O4S. The van der Waals surface area contributed by atoms with Gasteiger partial charge in [0.05, 0.1) is 33.7 Å². The van der Waals surface area contributed by atoms with Crippen molar-refractivity contribution in [2.24, 2.45) is 0 Å². The number of nitrogens with zero attached hydrogens (tertiary/aromatic N) is 3. The fourth-order valence-electron chi connectivity index (χ4n) is 3.52. The predicted octanol–water partition coefficient (Wildman–Crippen LogP) is 3.09. The van der Waals surface area contributed by atoms with Crippen molar-refractivity contribution < 1.29 is 26.7 Å². The lowest BCUT2D eigenvalue weighted by Crippen LogP contribution is -2.46. The van der Waals surface area contributed by atoms with Gasteiger partial charge >= 0.3 is 6.61 Å². The van der Waals surface area contributed by atoms with E-state index in [4.69, 9.17) is 0 Å². The minimum absolute atomic E-state index is 0.0250. The molecule has 1 aliphatic rings. The van der Waals surface area contributed by atoms with Crippen LogP contribution in [0.5, 0.6) is 5.75 Å². The lowest BCUT2D eigenvalue weighted by atomic mass is 10.0. The van der Waals surface area contributed by atoms with Gasteiger partial charge in [-0.25, -0.2) is 18.1 Å². The number of rotatable bonds is 5. The van der Waals surface area contributed by atoms with E-state index in [1.54, 1.807) is 25.1 Å². The van der Waals surface area contributed by atoms with Crippen LogP contribution in [0.1, 0.15) is 23.7 Å². The molecule has 1 aromatic carbocycles. The lowest BCUT2D eigenvalue weighted by Gasteiger charge is -2.23. The second kappa shape index (κ2) is 7.83. The number of fused-ring (bicyclic) bond motifs is 1. The molecule has 1 aliphatic heterocycles. The van der Waals surface area contributed by atoms with Crippen molar-refractivity contribution in [2.45, 2.75) is 25.5 Å². The summed E-state index contributed by atoms with van der Waals surface area (Å²) in [5.74, 6) is -0.544. The summed E-state index contributed by atoms with van der Waals surface area (Å²) in [5.41, 5.74) is 0.250. The van der Waals surface area contributed by atoms with Gasteiger partial charge in [-0.05, 0) is 47.5 Å². The largest absolute Gasteiger partial charge is 0.435 e. The van der Waals surface area contributed by atoms with E-state index in [9.17, 15) is 22.0 Å². The Morgan fingerprint density at radius 1 is 1.35 bits per heavy atom. The first-order valence-electron chi connectivity index (χ1n) is 9.18. The lowest BCUT2D eigenvalue weighted by molar-refractivity contribution is -0.0498. The highest BCUT2D eigenvalue weighted by Gasteiger charge is 2.39. The summed E-state index contributed by atoms with van der Waals surface area (Å²) in [5, 5.41) is 7.65. The molecule has 3 heterocycles. The number of ether oxygens (including phenoxy) is 1. The van der Waals surface area contributed by atoms with Crippen LogP contribution >= 0.6 is 15.9 Å². The molecule has 3 aromatic rings. The van der Waals surface area contributed by atoms with Crippen molar-refractivity contribution in [1.82, 2.24) is 20.1 Å². The molecule has 4 rings (SSSR count). The van der Waals surface area contributed by atoms with Gasteiger partial charge in [-0.1, -0.05) is 6.07 Å². The molecule has 1 amide bonds. The smallest absolute Gasteiger partial charge is 0.387 e. The highest BCUT2D eigenvalue weighted by atomic mass is 79.9. The van der Waals surface area contributed by atoms with Gasteiger partial charge in [0.2, 0.25) is 0 Å². The van der Waals surface area contributed by atoms with Crippen LogP contribution in [-0.4, -0.2) is 52.7 Å². The number of hydrogen-bond donors (Lipinski definition) is 1. The number of alkyl halides is 2. The van der Waals surface area contributed by atoms with E-state index in [-0.39, 0.29) is 22.8 Å². The Bertz CT molecular complexity index is 1280. The molecule has 8 nitrogen and oxygen atoms in total. The molecule has 1 atom stereocenters. The normalized spacial score (nSPS) is 20.3. The zero-order valence-electron chi connectivity index (χ0n) is 16.2. The minimum Gasteiger partial charge on any atom is -0.435 e. The molecule has 0 unspecified atom stereocenters. The highest BCUT2D eigenvalue weighted by molar-refractivity contribution is 9.10. The van der Waals surface area contributed by atoms with Gasteiger partial charge in [-0.15, -0.1) is 0 Å². The molecule has 164 valence electrons. The quantitative estimate of drug-likeness (QED) is 0.561. The van der Waals surface area contributed by atoms with Crippen LogP contribution in [0.2, 0.25) is 0 Å². The number of carbonyl (C=O) groups excluding carboxylic acids is 1. The van der Waals surface area contributed by atoms with Gasteiger partial charge < -0.3 is 10.1 Å². The van der Waals surface area contributed by atoms with Gasteiger partial charge in [0, 0.05) is 12.3 Å². The molecule has 1 fully saturated rings. The molecule has 1 N–H and O–H groups in total. The molecule has 2 aromatic heterocycles. The van der Waals surface area contributed by atoms with E-state index in [0.717, 1.165) is 0 Å². The number of aromatic nitrogens is 3. The van der Waals surface area contributed by atoms with E-state index in [1.807, 2.05) is 0 Å². The average Bonchev–Trinajstić information content (AvgIpc) is 3.16. The number of hydrogen-bond acceptors (Lipinski definition) is 6. The summed E-state index contributed by atoms with van der Waals surface area (Å²) in [6.45, 7) is -1.25. The van der Waals surface area contributed by atoms with Crippen LogP contribution in [0.25, 0.3) is 16.7 Å². The minimum atomic E-state index is -3.17. The van der Waals surface area contributed by atoms with Gasteiger partial charge in [0.15, 0.2) is 15.5 Å². The van der Waals surface area contributed by atoms with Crippen molar-refractivity contribution in [3.05, 3.63) is 46.7 Å². The average molecular weight is 515 g/mol. The first kappa shape index (κ1) is 21.6. The second-order valence-electron chi connectivity index (χ2n) is 7.53. The number of amides is 1. The van der Waals surface area contributed by atoms with Gasteiger partial charge in [0.1, 0.15) is 10.4 Å². The Morgan fingerprint density at radius 3 is 2.81 bits per heavy atom. The van der Waals surface area contributed by atoms with Crippen molar-refractivity contribution in [3.8, 4) is 11.4 Å². The molecule has 0 spiro atoms. The topological polar surface area (TPSA) is 103 Å². The van der Waals surface area contributed by atoms with Crippen LogP contribution in [0, 0.1) is 0 Å². The van der Waals surface area contributed by atoms with E-state index in [0.29, 0.717) is 27.7 Å². The fraction of sp³-hybridized carbons (Fsp3) is 0.316. The van der Waals surface area contributed by atoms with Gasteiger partial charge in [-0.2, -0.15) is 13.9 Å². The molecule has 0 radical (unpaired) electrons. The van der Waals surface area contributed by atoms with Crippen LogP contribution < -0.4 is 10.1 Å². The van der Waals surface area contributed by atoms with Crippen molar-refractivity contribution in [1.29, 1.82) is 0 Å². The maximum atomic E-state index is 12.7. The molecule has 1 saturated heterocycles. The van der Waals surface area contributed by atoms with Gasteiger partial charge in [0.25, 0.3) is 5.91 Å². The highest BCUT2D eigenvalue weighted by Crippen LogP contribution is 2.28. The summed E-state index contributed by atoms with van der Waals surface area (Å²) < 4.78 is 54.8.